The Morgan fingerprint density at radius 2 is 1.88 bits per heavy atom. The molecule has 0 saturated carbocycles. The van der Waals surface area contributed by atoms with Gasteiger partial charge in [-0.15, -0.1) is 6.42 Å². The second-order valence-electron chi connectivity index (χ2n) is 7.53. The minimum atomic E-state index is -0.652. The lowest BCUT2D eigenvalue weighted by atomic mass is 9.88. The molecule has 0 saturated heterocycles. The lowest BCUT2D eigenvalue weighted by molar-refractivity contribution is 0.106. The molecule has 0 radical (unpaired) electrons. The highest BCUT2D eigenvalue weighted by atomic mass is 16.5. The second kappa shape index (κ2) is 6.33. The third-order valence-corrected chi connectivity index (χ3v) is 4.16. The fourth-order valence-corrected chi connectivity index (χ4v) is 3.01. The van der Waals surface area contributed by atoms with E-state index < -0.39 is 5.60 Å². The average molecular weight is 332 g/mol. The number of ether oxygens (including phenoxy) is 2. The standard InChI is InChI=1S/C23H24O2/c1-6-22(2,3)24-19-12-13-20-18(14-17-10-8-7-9-11-17)16-23(4,5)25-21(20)15-19/h1,7-15H,16H2,2-5H3/b18-14+. The van der Waals surface area contributed by atoms with Gasteiger partial charge in [0.15, 0.2) is 5.60 Å². The van der Waals surface area contributed by atoms with Crippen molar-refractivity contribution in [1.29, 1.82) is 0 Å². The monoisotopic (exact) mass is 332 g/mol. The van der Waals surface area contributed by atoms with Crippen LogP contribution in [0.5, 0.6) is 11.5 Å². The Morgan fingerprint density at radius 3 is 2.56 bits per heavy atom. The first-order valence-corrected chi connectivity index (χ1v) is 8.54. The summed E-state index contributed by atoms with van der Waals surface area (Å²) in [5.41, 5.74) is 2.64. The molecular weight excluding hydrogens is 308 g/mol. The highest BCUT2D eigenvalue weighted by Crippen LogP contribution is 2.43. The zero-order valence-corrected chi connectivity index (χ0v) is 15.3. The summed E-state index contributed by atoms with van der Waals surface area (Å²) in [7, 11) is 0. The number of fused-ring (bicyclic) bond motifs is 1. The maximum absolute atomic E-state index is 6.20. The molecule has 0 bridgehead atoms. The Bertz CT molecular complexity index is 836. The molecule has 25 heavy (non-hydrogen) atoms. The SMILES string of the molecule is C#CC(C)(C)Oc1ccc2c(c1)OC(C)(C)C/C2=C\c1ccccc1. The fraction of sp³-hybridized carbons (Fsp3) is 0.304. The Balaban J connectivity index is 2.01. The summed E-state index contributed by atoms with van der Waals surface area (Å²) in [6.45, 7) is 7.96. The van der Waals surface area contributed by atoms with Crippen LogP contribution in [-0.2, 0) is 0 Å². The minimum Gasteiger partial charge on any atom is -0.487 e. The highest BCUT2D eigenvalue weighted by Gasteiger charge is 2.30. The molecule has 2 aromatic carbocycles. The topological polar surface area (TPSA) is 18.5 Å². The molecule has 0 aromatic heterocycles. The van der Waals surface area contributed by atoms with Crippen molar-refractivity contribution >= 4 is 11.6 Å². The van der Waals surface area contributed by atoms with Crippen molar-refractivity contribution < 1.29 is 9.47 Å². The Kier molecular flexibility index (Phi) is 4.35. The third-order valence-electron chi connectivity index (χ3n) is 4.16. The van der Waals surface area contributed by atoms with Crippen LogP contribution in [0.1, 0.15) is 45.2 Å². The molecule has 1 aliphatic heterocycles. The zero-order chi connectivity index (χ0) is 18.1. The van der Waals surface area contributed by atoms with Gasteiger partial charge in [-0.1, -0.05) is 42.3 Å². The molecule has 1 aliphatic rings. The molecule has 0 amide bonds. The summed E-state index contributed by atoms with van der Waals surface area (Å²) >= 11 is 0. The van der Waals surface area contributed by atoms with Crippen molar-refractivity contribution in [1.82, 2.24) is 0 Å². The van der Waals surface area contributed by atoms with Crippen molar-refractivity contribution in [2.24, 2.45) is 0 Å². The number of hydrogen-bond acceptors (Lipinski definition) is 2. The maximum Gasteiger partial charge on any atom is 0.163 e. The van der Waals surface area contributed by atoms with E-state index in [1.807, 2.05) is 32.0 Å². The molecule has 0 spiro atoms. The molecule has 2 aromatic rings. The van der Waals surface area contributed by atoms with Gasteiger partial charge in [0.05, 0.1) is 0 Å². The van der Waals surface area contributed by atoms with Crippen LogP contribution in [0.4, 0.5) is 0 Å². The Morgan fingerprint density at radius 1 is 1.16 bits per heavy atom. The van der Waals surface area contributed by atoms with Gasteiger partial charge in [0.25, 0.3) is 0 Å². The van der Waals surface area contributed by atoms with Crippen LogP contribution in [0.15, 0.2) is 48.5 Å². The van der Waals surface area contributed by atoms with E-state index in [0.29, 0.717) is 0 Å². The largest absolute Gasteiger partial charge is 0.487 e. The third kappa shape index (κ3) is 4.06. The van der Waals surface area contributed by atoms with E-state index >= 15 is 0 Å². The van der Waals surface area contributed by atoms with Gasteiger partial charge in [-0.25, -0.2) is 0 Å². The number of benzene rings is 2. The molecule has 1 heterocycles. The zero-order valence-electron chi connectivity index (χ0n) is 15.3. The number of hydrogen-bond donors (Lipinski definition) is 0. The predicted octanol–water partition coefficient (Wildman–Crippen LogP) is 5.58. The molecule has 0 unspecified atom stereocenters. The van der Waals surface area contributed by atoms with E-state index in [9.17, 15) is 0 Å². The first-order valence-electron chi connectivity index (χ1n) is 8.54. The van der Waals surface area contributed by atoms with Gasteiger partial charge in [-0.2, -0.15) is 0 Å². The molecule has 0 fully saturated rings. The normalized spacial score (nSPS) is 17.3. The van der Waals surface area contributed by atoms with Crippen LogP contribution >= 0.6 is 0 Å². The van der Waals surface area contributed by atoms with Crippen molar-refractivity contribution in [3.05, 3.63) is 59.7 Å². The predicted molar refractivity (Wildman–Crippen MR) is 104 cm³/mol. The second-order valence-corrected chi connectivity index (χ2v) is 7.53. The van der Waals surface area contributed by atoms with Gasteiger partial charge in [0.1, 0.15) is 17.1 Å². The van der Waals surface area contributed by atoms with E-state index in [4.69, 9.17) is 15.9 Å². The summed E-state index contributed by atoms with van der Waals surface area (Å²) in [5, 5.41) is 0. The molecule has 2 heteroatoms. The number of rotatable bonds is 3. The summed E-state index contributed by atoms with van der Waals surface area (Å²) in [6, 6.07) is 16.3. The molecule has 0 atom stereocenters. The van der Waals surface area contributed by atoms with Gasteiger partial charge >= 0.3 is 0 Å². The van der Waals surface area contributed by atoms with Gasteiger partial charge in [0, 0.05) is 18.1 Å². The van der Waals surface area contributed by atoms with Gasteiger partial charge in [0.2, 0.25) is 0 Å². The van der Waals surface area contributed by atoms with Crippen LogP contribution < -0.4 is 9.47 Å². The summed E-state index contributed by atoms with van der Waals surface area (Å²) in [4.78, 5) is 0. The molecule has 3 rings (SSSR count). The van der Waals surface area contributed by atoms with E-state index in [2.05, 4.69) is 56.2 Å². The van der Waals surface area contributed by atoms with Crippen LogP contribution in [0, 0.1) is 12.3 Å². The van der Waals surface area contributed by atoms with E-state index in [-0.39, 0.29) is 5.60 Å². The molecular formula is C23H24O2. The lowest BCUT2D eigenvalue weighted by Gasteiger charge is -2.35. The Labute approximate surface area is 150 Å². The molecule has 2 nitrogen and oxygen atoms in total. The van der Waals surface area contributed by atoms with E-state index in [0.717, 1.165) is 23.5 Å². The average Bonchev–Trinajstić information content (AvgIpc) is 2.54. The highest BCUT2D eigenvalue weighted by molar-refractivity contribution is 5.85. The lowest BCUT2D eigenvalue weighted by Crippen LogP contribution is -2.32. The first-order chi connectivity index (χ1) is 11.8. The van der Waals surface area contributed by atoms with Gasteiger partial charge in [-0.05, 0) is 51.0 Å². The van der Waals surface area contributed by atoms with Crippen molar-refractivity contribution in [2.75, 3.05) is 0 Å². The molecule has 0 N–H and O–H groups in total. The van der Waals surface area contributed by atoms with Crippen LogP contribution in [0.25, 0.3) is 11.6 Å². The first kappa shape index (κ1) is 17.2. The molecule has 0 aliphatic carbocycles. The molecule has 128 valence electrons. The quantitative estimate of drug-likeness (QED) is 0.683. The van der Waals surface area contributed by atoms with Crippen molar-refractivity contribution in [3.8, 4) is 23.8 Å². The maximum atomic E-state index is 6.20. The smallest absolute Gasteiger partial charge is 0.163 e. The summed E-state index contributed by atoms with van der Waals surface area (Å²) in [5.74, 6) is 4.21. The summed E-state index contributed by atoms with van der Waals surface area (Å²) < 4.78 is 12.1. The fourth-order valence-electron chi connectivity index (χ4n) is 3.01. The van der Waals surface area contributed by atoms with E-state index in [1.54, 1.807) is 0 Å². The van der Waals surface area contributed by atoms with Crippen LogP contribution in [0.3, 0.4) is 0 Å². The summed E-state index contributed by atoms with van der Waals surface area (Å²) in [6.07, 6.45) is 8.61. The van der Waals surface area contributed by atoms with Gasteiger partial charge < -0.3 is 9.47 Å². The van der Waals surface area contributed by atoms with Crippen molar-refractivity contribution in [2.45, 2.75) is 45.3 Å². The number of terminal acetylenes is 1. The van der Waals surface area contributed by atoms with Crippen molar-refractivity contribution in [3.63, 3.8) is 0 Å². The van der Waals surface area contributed by atoms with Crippen LogP contribution in [-0.4, -0.2) is 11.2 Å². The Hall–Kier alpha value is -2.66. The van der Waals surface area contributed by atoms with Gasteiger partial charge in [-0.3, -0.25) is 0 Å². The minimum absolute atomic E-state index is 0.270. The van der Waals surface area contributed by atoms with E-state index in [1.165, 1.54) is 11.1 Å². The van der Waals surface area contributed by atoms with Crippen LogP contribution in [0.2, 0.25) is 0 Å².